The maximum Gasteiger partial charge on any atom is 0.238 e. The van der Waals surface area contributed by atoms with Crippen LogP contribution in [0.25, 0.3) is 6.08 Å². The smallest absolute Gasteiger partial charge is 0.238 e. The zero-order valence-electron chi connectivity index (χ0n) is 21.1. The van der Waals surface area contributed by atoms with Crippen LogP contribution in [0.1, 0.15) is 31.8 Å². The number of halogens is 2. The quantitative estimate of drug-likeness (QED) is 0.239. The van der Waals surface area contributed by atoms with E-state index in [2.05, 4.69) is 37.2 Å². The first-order valence-corrected chi connectivity index (χ1v) is 14.6. The Hall–Kier alpha value is -3.81. The summed E-state index contributed by atoms with van der Waals surface area (Å²) in [6, 6.07) is 28.2. The topological polar surface area (TPSA) is 66.5 Å². The van der Waals surface area contributed by atoms with Crippen LogP contribution in [0.2, 0.25) is 0 Å². The average molecular weight is 654 g/mol. The van der Waals surface area contributed by atoms with Crippen molar-refractivity contribution in [3.63, 3.8) is 0 Å². The van der Waals surface area contributed by atoms with E-state index in [4.69, 9.17) is 0 Å². The molecule has 0 aromatic heterocycles. The number of carbonyl (C=O) groups is 3. The molecule has 0 aliphatic carbocycles. The Bertz CT molecular complexity index is 1730. The lowest BCUT2D eigenvalue weighted by molar-refractivity contribution is -0.121. The van der Waals surface area contributed by atoms with E-state index < -0.39 is 23.4 Å². The van der Waals surface area contributed by atoms with Crippen LogP contribution in [0.3, 0.4) is 0 Å². The van der Waals surface area contributed by atoms with Gasteiger partial charge in [-0.05, 0) is 47.5 Å². The Kier molecular flexibility index (Phi) is 5.91. The number of benzene rings is 4. The highest BCUT2D eigenvalue weighted by atomic mass is 79.9. The van der Waals surface area contributed by atoms with E-state index >= 15 is 0 Å². The van der Waals surface area contributed by atoms with Gasteiger partial charge >= 0.3 is 0 Å². The van der Waals surface area contributed by atoms with Gasteiger partial charge in [-0.3, -0.25) is 14.4 Å². The molecule has 7 heteroatoms. The van der Waals surface area contributed by atoms with Gasteiger partial charge in [0.2, 0.25) is 5.91 Å². The minimum atomic E-state index is -1.46. The molecule has 0 radical (unpaired) electrons. The number of nitrogens with zero attached hydrogens (tertiary/aromatic N) is 1. The van der Waals surface area contributed by atoms with Crippen molar-refractivity contribution in [1.82, 2.24) is 0 Å². The number of Topliss-reactive ketones (excluding diaryl/α,β-unsaturated/α-hetero) is 2. The second-order valence-corrected chi connectivity index (χ2v) is 12.1. The summed E-state index contributed by atoms with van der Waals surface area (Å²) < 4.78 is 1.70. The predicted octanol–water partition coefficient (Wildman–Crippen LogP) is 7.07. The number of hydrogen-bond acceptors (Lipinski definition) is 4. The van der Waals surface area contributed by atoms with Gasteiger partial charge in [0, 0.05) is 31.4 Å². The summed E-state index contributed by atoms with van der Waals surface area (Å²) in [6.45, 7) is 0. The summed E-state index contributed by atoms with van der Waals surface area (Å²) in [5.74, 6) is -1.57. The minimum Gasteiger partial charge on any atom is -0.352 e. The molecular weight excluding hydrogens is 632 g/mol. The van der Waals surface area contributed by atoms with Crippen molar-refractivity contribution >= 4 is 66.8 Å². The highest BCUT2D eigenvalue weighted by molar-refractivity contribution is 9.10. The molecule has 0 bridgehead atoms. The third kappa shape index (κ3) is 3.54. The Balaban J connectivity index is 1.53. The summed E-state index contributed by atoms with van der Waals surface area (Å²) in [6.07, 6.45) is 3.98. The van der Waals surface area contributed by atoms with Gasteiger partial charge in [0.15, 0.2) is 11.6 Å². The molecule has 1 amide bonds. The first-order chi connectivity index (χ1) is 19.4. The van der Waals surface area contributed by atoms with Crippen LogP contribution in [0, 0.1) is 5.92 Å². The van der Waals surface area contributed by atoms with Crippen molar-refractivity contribution in [3.8, 4) is 0 Å². The average Bonchev–Trinajstić information content (AvgIpc) is 3.45. The van der Waals surface area contributed by atoms with Crippen LogP contribution in [-0.4, -0.2) is 29.6 Å². The van der Waals surface area contributed by atoms with E-state index in [0.29, 0.717) is 22.4 Å². The number of nitrogens with one attached hydrogen (secondary N) is 1. The Morgan fingerprint density at radius 3 is 2.05 bits per heavy atom. The fraction of sp³-hybridized carbons (Fsp3) is 0.121. The highest BCUT2D eigenvalue weighted by Crippen LogP contribution is 2.58. The molecule has 4 aromatic carbocycles. The van der Waals surface area contributed by atoms with Gasteiger partial charge in [-0.2, -0.15) is 0 Å². The van der Waals surface area contributed by atoms with E-state index in [1.54, 1.807) is 24.3 Å². The number of fused-ring (bicyclic) bond motifs is 5. The van der Waals surface area contributed by atoms with Crippen molar-refractivity contribution in [3.05, 3.63) is 134 Å². The standard InChI is InChI=1S/C33H22Br2N2O3/c34-22-14-9-20(10-15-22)29(38)28-27-18-13-19-5-1-4-8-26(19)37(27)31(30(39)21-11-16-23(35)17-12-21)33(28)24-6-2-3-7-25(24)36-32(33)40/h1-18,27-28,31H,(H,36,40)/t27?,28-,31+,33+/m0/s1. The van der Waals surface area contributed by atoms with Gasteiger partial charge in [0.05, 0.1) is 12.0 Å². The maximum atomic E-state index is 14.7. The Morgan fingerprint density at radius 2 is 1.35 bits per heavy atom. The molecular formula is C33H22Br2N2O3. The second kappa shape index (κ2) is 9.39. The molecule has 1 fully saturated rings. The molecule has 196 valence electrons. The normalized spacial score (nSPS) is 23.9. The van der Waals surface area contributed by atoms with E-state index in [0.717, 1.165) is 20.2 Å². The van der Waals surface area contributed by atoms with Crippen LogP contribution >= 0.6 is 31.9 Å². The Morgan fingerprint density at radius 1 is 0.750 bits per heavy atom. The summed E-state index contributed by atoms with van der Waals surface area (Å²) >= 11 is 6.92. The van der Waals surface area contributed by atoms with Crippen molar-refractivity contribution in [2.45, 2.75) is 17.5 Å². The molecule has 1 saturated heterocycles. The molecule has 1 N–H and O–H groups in total. The van der Waals surface area contributed by atoms with Gasteiger partial charge in [-0.1, -0.05) is 105 Å². The SMILES string of the molecule is O=C(c1ccc(Br)cc1)[C@@H]1C2C=Cc3ccccc3N2[C@H](C(=O)c2ccc(Br)cc2)[C@]12C(=O)Nc1ccccc12. The van der Waals surface area contributed by atoms with Crippen molar-refractivity contribution in [1.29, 1.82) is 0 Å². The fourth-order valence-corrected chi connectivity index (χ4v) is 7.23. The van der Waals surface area contributed by atoms with E-state index in [-0.39, 0.29) is 17.5 Å². The number of amides is 1. The summed E-state index contributed by atoms with van der Waals surface area (Å²) in [7, 11) is 0. The van der Waals surface area contributed by atoms with Gasteiger partial charge in [0.25, 0.3) is 0 Å². The molecule has 40 heavy (non-hydrogen) atoms. The van der Waals surface area contributed by atoms with Crippen molar-refractivity contribution < 1.29 is 14.4 Å². The van der Waals surface area contributed by atoms with Gasteiger partial charge < -0.3 is 10.2 Å². The van der Waals surface area contributed by atoms with Gasteiger partial charge in [-0.15, -0.1) is 0 Å². The molecule has 4 atom stereocenters. The minimum absolute atomic E-state index is 0.176. The van der Waals surface area contributed by atoms with Crippen molar-refractivity contribution in [2.24, 2.45) is 5.92 Å². The summed E-state index contributed by atoms with van der Waals surface area (Å²) in [5, 5.41) is 3.05. The monoisotopic (exact) mass is 652 g/mol. The molecule has 3 heterocycles. The molecule has 5 nitrogen and oxygen atoms in total. The molecule has 1 unspecified atom stereocenters. The highest BCUT2D eigenvalue weighted by Gasteiger charge is 2.70. The van der Waals surface area contributed by atoms with E-state index in [1.807, 2.05) is 89.8 Å². The lowest BCUT2D eigenvalue weighted by Crippen LogP contribution is -2.55. The zero-order chi connectivity index (χ0) is 27.6. The largest absolute Gasteiger partial charge is 0.352 e. The number of rotatable bonds is 4. The molecule has 4 aromatic rings. The first-order valence-electron chi connectivity index (χ1n) is 13.0. The number of para-hydroxylation sites is 2. The predicted molar refractivity (Wildman–Crippen MR) is 163 cm³/mol. The third-order valence-corrected chi connectivity index (χ3v) is 9.39. The summed E-state index contributed by atoms with van der Waals surface area (Å²) in [4.78, 5) is 45.8. The molecule has 3 aliphatic heterocycles. The van der Waals surface area contributed by atoms with Crippen LogP contribution in [0.4, 0.5) is 11.4 Å². The molecule has 3 aliphatic rings. The number of hydrogen-bond donors (Lipinski definition) is 1. The molecule has 7 rings (SSSR count). The third-order valence-electron chi connectivity index (χ3n) is 8.34. The van der Waals surface area contributed by atoms with Crippen LogP contribution in [-0.2, 0) is 10.2 Å². The van der Waals surface area contributed by atoms with E-state index in [9.17, 15) is 14.4 Å². The van der Waals surface area contributed by atoms with E-state index in [1.165, 1.54) is 0 Å². The number of ketones is 2. The second-order valence-electron chi connectivity index (χ2n) is 10.3. The van der Waals surface area contributed by atoms with Gasteiger partial charge in [0.1, 0.15) is 11.5 Å². The number of carbonyl (C=O) groups excluding carboxylic acids is 3. The van der Waals surface area contributed by atoms with Crippen LogP contribution in [0.5, 0.6) is 0 Å². The lowest BCUT2D eigenvalue weighted by Gasteiger charge is -2.37. The molecule has 0 saturated carbocycles. The zero-order valence-corrected chi connectivity index (χ0v) is 24.2. The van der Waals surface area contributed by atoms with Crippen LogP contribution in [0.15, 0.2) is 112 Å². The van der Waals surface area contributed by atoms with Gasteiger partial charge in [-0.25, -0.2) is 0 Å². The Labute approximate surface area is 248 Å². The van der Waals surface area contributed by atoms with Crippen molar-refractivity contribution in [2.75, 3.05) is 10.2 Å². The number of anilines is 2. The maximum absolute atomic E-state index is 14.7. The lowest BCUT2D eigenvalue weighted by atomic mass is 9.63. The first kappa shape index (κ1) is 25.2. The summed E-state index contributed by atoms with van der Waals surface area (Å²) in [5.41, 5.74) is 2.58. The molecule has 1 spiro atoms. The fourth-order valence-electron chi connectivity index (χ4n) is 6.70. The van der Waals surface area contributed by atoms with Crippen LogP contribution < -0.4 is 10.2 Å².